The lowest BCUT2D eigenvalue weighted by molar-refractivity contribution is 0.0641. The van der Waals surface area contributed by atoms with Crippen LogP contribution in [0.5, 0.6) is 0 Å². The molecule has 2 rings (SSSR count). The molecule has 1 N–H and O–H groups in total. The highest BCUT2D eigenvalue weighted by atomic mass is 19.1. The number of aliphatic hydroxyl groups excluding tert-OH is 1. The van der Waals surface area contributed by atoms with Crippen LogP contribution in [-0.2, 0) is 0 Å². The average Bonchev–Trinajstić information content (AvgIpc) is 3.11. The van der Waals surface area contributed by atoms with Gasteiger partial charge < -0.3 is 10.0 Å². The minimum Gasteiger partial charge on any atom is -0.391 e. The van der Waals surface area contributed by atoms with E-state index < -0.39 is 11.9 Å². The van der Waals surface area contributed by atoms with Gasteiger partial charge in [-0.2, -0.15) is 0 Å². The predicted octanol–water partition coefficient (Wildman–Crippen LogP) is 1.98. The molecular weight excluding hydrogens is 233 g/mol. The van der Waals surface area contributed by atoms with Crippen molar-refractivity contribution in [3.8, 4) is 0 Å². The van der Waals surface area contributed by atoms with Crippen molar-refractivity contribution in [1.29, 1.82) is 0 Å². The molecule has 1 unspecified atom stereocenters. The number of amides is 1. The van der Waals surface area contributed by atoms with Crippen molar-refractivity contribution in [3.63, 3.8) is 0 Å². The van der Waals surface area contributed by atoms with E-state index >= 15 is 0 Å². The number of likely N-dealkylation sites (N-methyl/N-ethyl adjacent to an activating group) is 1. The molecule has 0 aliphatic heterocycles. The number of hydrogen-bond acceptors (Lipinski definition) is 2. The van der Waals surface area contributed by atoms with Crippen molar-refractivity contribution in [2.75, 3.05) is 13.6 Å². The van der Waals surface area contributed by atoms with E-state index in [1.54, 1.807) is 20.0 Å². The van der Waals surface area contributed by atoms with Crippen molar-refractivity contribution in [2.24, 2.45) is 5.92 Å². The number of aryl methyl sites for hydroxylation is 1. The van der Waals surface area contributed by atoms with Crippen LogP contribution in [0.3, 0.4) is 0 Å². The number of hydrogen-bond donors (Lipinski definition) is 1. The molecule has 1 aliphatic rings. The minimum absolute atomic E-state index is 0.0612. The van der Waals surface area contributed by atoms with Crippen LogP contribution in [0.2, 0.25) is 0 Å². The Bertz CT molecular complexity index is 457. The van der Waals surface area contributed by atoms with E-state index in [1.165, 1.54) is 17.0 Å². The van der Waals surface area contributed by atoms with Crippen LogP contribution in [0.25, 0.3) is 0 Å². The summed E-state index contributed by atoms with van der Waals surface area (Å²) in [6, 6.07) is 4.55. The van der Waals surface area contributed by atoms with Gasteiger partial charge in [-0.25, -0.2) is 4.39 Å². The number of nitrogens with zero attached hydrogens (tertiary/aromatic N) is 1. The zero-order valence-corrected chi connectivity index (χ0v) is 10.7. The summed E-state index contributed by atoms with van der Waals surface area (Å²) < 4.78 is 13.7. The topological polar surface area (TPSA) is 40.5 Å². The molecule has 1 fully saturated rings. The van der Waals surface area contributed by atoms with Crippen LogP contribution >= 0.6 is 0 Å². The van der Waals surface area contributed by atoms with Crippen LogP contribution in [-0.4, -0.2) is 35.6 Å². The van der Waals surface area contributed by atoms with Crippen molar-refractivity contribution < 1.29 is 14.3 Å². The smallest absolute Gasteiger partial charge is 0.256 e. The van der Waals surface area contributed by atoms with Crippen LogP contribution in [0, 0.1) is 18.7 Å². The molecule has 0 saturated heterocycles. The van der Waals surface area contributed by atoms with Crippen LogP contribution < -0.4 is 0 Å². The summed E-state index contributed by atoms with van der Waals surface area (Å²) in [5.74, 6) is -0.580. The first-order valence-electron chi connectivity index (χ1n) is 6.18. The summed E-state index contributed by atoms with van der Waals surface area (Å²) in [6.07, 6.45) is 1.54. The Morgan fingerprint density at radius 3 is 2.78 bits per heavy atom. The van der Waals surface area contributed by atoms with Gasteiger partial charge in [0, 0.05) is 13.6 Å². The molecule has 0 heterocycles. The number of carbonyl (C=O) groups is 1. The highest BCUT2D eigenvalue weighted by Gasteiger charge is 2.31. The Morgan fingerprint density at radius 2 is 2.22 bits per heavy atom. The fraction of sp³-hybridized carbons (Fsp3) is 0.500. The Labute approximate surface area is 106 Å². The maximum Gasteiger partial charge on any atom is 0.256 e. The van der Waals surface area contributed by atoms with Gasteiger partial charge in [0.05, 0.1) is 11.7 Å². The van der Waals surface area contributed by atoms with Crippen LogP contribution in [0.15, 0.2) is 18.2 Å². The Balaban J connectivity index is 2.04. The molecule has 0 radical (unpaired) electrons. The number of benzene rings is 1. The zero-order valence-electron chi connectivity index (χ0n) is 10.7. The van der Waals surface area contributed by atoms with Gasteiger partial charge >= 0.3 is 0 Å². The third kappa shape index (κ3) is 2.88. The molecule has 0 spiro atoms. The van der Waals surface area contributed by atoms with Gasteiger partial charge in [0.25, 0.3) is 5.91 Å². The quantitative estimate of drug-likeness (QED) is 0.889. The second-order valence-corrected chi connectivity index (χ2v) is 5.07. The van der Waals surface area contributed by atoms with Crippen LogP contribution in [0.4, 0.5) is 4.39 Å². The summed E-state index contributed by atoms with van der Waals surface area (Å²) in [6.45, 7) is 2.04. The molecule has 0 bridgehead atoms. The van der Waals surface area contributed by atoms with Crippen LogP contribution in [0.1, 0.15) is 28.8 Å². The van der Waals surface area contributed by atoms with Gasteiger partial charge in [0.1, 0.15) is 5.82 Å². The van der Waals surface area contributed by atoms with Crippen molar-refractivity contribution >= 4 is 5.91 Å². The molecule has 18 heavy (non-hydrogen) atoms. The standard InChI is InChI=1S/C14H18FNO2/c1-9-3-6-11(12(15)7-9)14(18)16(2)8-13(17)10-4-5-10/h3,6-7,10,13,17H,4-5,8H2,1-2H3. The fourth-order valence-corrected chi connectivity index (χ4v) is 1.99. The molecule has 1 saturated carbocycles. The molecule has 3 nitrogen and oxygen atoms in total. The molecule has 0 aromatic heterocycles. The van der Waals surface area contributed by atoms with Gasteiger partial charge in [-0.3, -0.25) is 4.79 Å². The second-order valence-electron chi connectivity index (χ2n) is 5.07. The Kier molecular flexibility index (Phi) is 3.66. The Morgan fingerprint density at radius 1 is 1.56 bits per heavy atom. The zero-order chi connectivity index (χ0) is 13.3. The van der Waals surface area contributed by atoms with E-state index in [-0.39, 0.29) is 18.0 Å². The number of aliphatic hydroxyl groups is 1. The summed E-state index contributed by atoms with van der Waals surface area (Å²) in [5, 5.41) is 9.78. The van der Waals surface area contributed by atoms with Gasteiger partial charge in [0.2, 0.25) is 0 Å². The third-order valence-electron chi connectivity index (χ3n) is 3.33. The molecule has 1 aromatic rings. The maximum atomic E-state index is 13.7. The van der Waals surface area contributed by atoms with Crippen molar-refractivity contribution in [1.82, 2.24) is 4.90 Å². The van der Waals surface area contributed by atoms with Gasteiger partial charge in [-0.1, -0.05) is 6.07 Å². The number of rotatable bonds is 4. The lowest BCUT2D eigenvalue weighted by Crippen LogP contribution is -2.35. The summed E-state index contributed by atoms with van der Waals surface area (Å²) in [4.78, 5) is 13.4. The average molecular weight is 251 g/mol. The lowest BCUT2D eigenvalue weighted by Gasteiger charge is -2.21. The first-order chi connectivity index (χ1) is 8.49. The third-order valence-corrected chi connectivity index (χ3v) is 3.33. The minimum atomic E-state index is -0.507. The Hall–Kier alpha value is -1.42. The first-order valence-corrected chi connectivity index (χ1v) is 6.18. The largest absolute Gasteiger partial charge is 0.391 e. The number of halogens is 1. The molecule has 4 heteroatoms. The summed E-state index contributed by atoms with van der Waals surface area (Å²) >= 11 is 0. The van der Waals surface area contributed by atoms with Crippen molar-refractivity contribution in [3.05, 3.63) is 35.1 Å². The molecule has 1 aromatic carbocycles. The molecule has 1 aliphatic carbocycles. The van der Waals surface area contributed by atoms with E-state index in [4.69, 9.17) is 0 Å². The first kappa shape index (κ1) is 13.0. The molecule has 98 valence electrons. The van der Waals surface area contributed by atoms with E-state index in [0.717, 1.165) is 18.4 Å². The van der Waals surface area contributed by atoms with Gasteiger partial charge in [-0.15, -0.1) is 0 Å². The molecule has 1 atom stereocenters. The number of carbonyl (C=O) groups excluding carboxylic acids is 1. The maximum absolute atomic E-state index is 13.7. The van der Waals surface area contributed by atoms with E-state index in [1.807, 2.05) is 0 Å². The van der Waals surface area contributed by atoms with E-state index in [9.17, 15) is 14.3 Å². The van der Waals surface area contributed by atoms with E-state index in [0.29, 0.717) is 5.92 Å². The second kappa shape index (κ2) is 5.06. The summed E-state index contributed by atoms with van der Waals surface area (Å²) in [7, 11) is 1.59. The van der Waals surface area contributed by atoms with Gasteiger partial charge in [-0.05, 0) is 43.4 Å². The normalized spacial score (nSPS) is 16.4. The van der Waals surface area contributed by atoms with Gasteiger partial charge in [0.15, 0.2) is 0 Å². The monoisotopic (exact) mass is 251 g/mol. The lowest BCUT2D eigenvalue weighted by atomic mass is 10.1. The molecular formula is C14H18FNO2. The summed E-state index contributed by atoms with van der Waals surface area (Å²) in [5.41, 5.74) is 0.843. The highest BCUT2D eigenvalue weighted by Crippen LogP contribution is 2.32. The fourth-order valence-electron chi connectivity index (χ4n) is 1.99. The van der Waals surface area contributed by atoms with E-state index in [2.05, 4.69) is 0 Å². The highest BCUT2D eigenvalue weighted by molar-refractivity contribution is 5.94. The predicted molar refractivity (Wildman–Crippen MR) is 66.8 cm³/mol. The molecule has 1 amide bonds. The van der Waals surface area contributed by atoms with Crippen molar-refractivity contribution in [2.45, 2.75) is 25.9 Å². The SMILES string of the molecule is Cc1ccc(C(=O)N(C)CC(O)C2CC2)c(F)c1.